The molecule has 27 heavy (non-hydrogen) atoms. The van der Waals surface area contributed by atoms with Crippen molar-refractivity contribution in [3.05, 3.63) is 53.2 Å². The van der Waals surface area contributed by atoms with Crippen LogP contribution in [0.2, 0.25) is 0 Å². The average molecular weight is 384 g/mol. The second-order valence-electron chi connectivity index (χ2n) is 5.89. The maximum absolute atomic E-state index is 12.9. The molecule has 1 aliphatic rings. The molecule has 2 aromatic rings. The van der Waals surface area contributed by atoms with E-state index in [0.29, 0.717) is 33.6 Å². The van der Waals surface area contributed by atoms with E-state index < -0.39 is 0 Å². The molecular weight excluding hydrogens is 364 g/mol. The van der Waals surface area contributed by atoms with Crippen molar-refractivity contribution in [3.63, 3.8) is 0 Å². The average Bonchev–Trinajstić information content (AvgIpc) is 2.94. The minimum absolute atomic E-state index is 0.234. The predicted octanol–water partition coefficient (Wildman–Crippen LogP) is 3.28. The van der Waals surface area contributed by atoms with Crippen molar-refractivity contribution in [1.82, 2.24) is 5.32 Å². The molecule has 1 N–H and O–H groups in total. The summed E-state index contributed by atoms with van der Waals surface area (Å²) >= 11 is 5.36. The van der Waals surface area contributed by atoms with E-state index in [-0.39, 0.29) is 5.91 Å². The first-order valence-electron chi connectivity index (χ1n) is 8.23. The lowest BCUT2D eigenvalue weighted by atomic mass is 10.1. The fourth-order valence-electron chi connectivity index (χ4n) is 2.93. The molecule has 0 spiro atoms. The Balaban J connectivity index is 2.01. The molecule has 0 radical (unpaired) electrons. The van der Waals surface area contributed by atoms with Crippen molar-refractivity contribution in [2.24, 2.45) is 0 Å². The van der Waals surface area contributed by atoms with Gasteiger partial charge >= 0.3 is 0 Å². The standard InChI is InChI=1S/C20H20N2O4S/c1-12-6-5-7-14(10-12)22-19(23)15(21-20(22)27)11-13-8-9-16(24-2)18(26-4)17(13)25-3/h5-11H,1-4H3,(H,21,27)/b15-11+. The van der Waals surface area contributed by atoms with Gasteiger partial charge in [-0.05, 0) is 55.0 Å². The van der Waals surface area contributed by atoms with Crippen LogP contribution >= 0.6 is 12.2 Å². The molecule has 1 heterocycles. The third kappa shape index (κ3) is 3.46. The quantitative estimate of drug-likeness (QED) is 0.631. The maximum atomic E-state index is 12.9. The smallest absolute Gasteiger partial charge is 0.281 e. The highest BCUT2D eigenvalue weighted by molar-refractivity contribution is 7.80. The number of hydrogen-bond donors (Lipinski definition) is 1. The zero-order valence-electron chi connectivity index (χ0n) is 15.5. The van der Waals surface area contributed by atoms with Gasteiger partial charge < -0.3 is 19.5 Å². The molecule has 1 fully saturated rings. The molecule has 0 unspecified atom stereocenters. The number of anilines is 1. The van der Waals surface area contributed by atoms with Gasteiger partial charge in [0.2, 0.25) is 5.75 Å². The third-order valence-corrected chi connectivity index (χ3v) is 4.46. The topological polar surface area (TPSA) is 60.0 Å². The summed E-state index contributed by atoms with van der Waals surface area (Å²) in [5.74, 6) is 1.23. The Morgan fingerprint density at radius 3 is 2.41 bits per heavy atom. The van der Waals surface area contributed by atoms with Crippen LogP contribution in [-0.2, 0) is 4.79 Å². The van der Waals surface area contributed by atoms with Crippen LogP contribution in [0.15, 0.2) is 42.1 Å². The summed E-state index contributed by atoms with van der Waals surface area (Å²) in [6.45, 7) is 1.96. The highest BCUT2D eigenvalue weighted by atomic mass is 32.1. The monoisotopic (exact) mass is 384 g/mol. The molecule has 1 saturated heterocycles. The second kappa shape index (κ2) is 7.67. The maximum Gasteiger partial charge on any atom is 0.281 e. The van der Waals surface area contributed by atoms with Crippen molar-refractivity contribution in [3.8, 4) is 17.2 Å². The van der Waals surface area contributed by atoms with Crippen LogP contribution in [0.25, 0.3) is 6.08 Å². The fraction of sp³-hybridized carbons (Fsp3) is 0.200. The van der Waals surface area contributed by atoms with E-state index in [1.54, 1.807) is 25.3 Å². The lowest BCUT2D eigenvalue weighted by Crippen LogP contribution is -2.30. The van der Waals surface area contributed by atoms with Gasteiger partial charge in [-0.25, -0.2) is 0 Å². The molecule has 1 amide bonds. The Morgan fingerprint density at radius 1 is 1.04 bits per heavy atom. The van der Waals surface area contributed by atoms with Crippen molar-refractivity contribution >= 4 is 35.0 Å². The molecular formula is C20H20N2O4S. The fourth-order valence-corrected chi connectivity index (χ4v) is 3.23. The number of methoxy groups -OCH3 is 3. The van der Waals surface area contributed by atoms with Crippen molar-refractivity contribution in [1.29, 1.82) is 0 Å². The summed E-state index contributed by atoms with van der Waals surface area (Å²) in [6.07, 6.45) is 1.69. The number of carbonyl (C=O) groups is 1. The highest BCUT2D eigenvalue weighted by Crippen LogP contribution is 2.40. The van der Waals surface area contributed by atoms with E-state index in [9.17, 15) is 4.79 Å². The number of carbonyl (C=O) groups excluding carboxylic acids is 1. The Morgan fingerprint density at radius 2 is 1.78 bits per heavy atom. The van der Waals surface area contributed by atoms with Crippen LogP contribution < -0.4 is 24.4 Å². The summed E-state index contributed by atoms with van der Waals surface area (Å²) < 4.78 is 16.2. The van der Waals surface area contributed by atoms with E-state index >= 15 is 0 Å². The number of ether oxygens (including phenoxy) is 3. The van der Waals surface area contributed by atoms with Crippen LogP contribution in [0.1, 0.15) is 11.1 Å². The summed E-state index contributed by atoms with van der Waals surface area (Å²) in [5.41, 5.74) is 2.79. The number of hydrogen-bond acceptors (Lipinski definition) is 5. The second-order valence-corrected chi connectivity index (χ2v) is 6.28. The molecule has 3 rings (SSSR count). The zero-order valence-corrected chi connectivity index (χ0v) is 16.3. The van der Waals surface area contributed by atoms with E-state index in [4.69, 9.17) is 26.4 Å². The van der Waals surface area contributed by atoms with Gasteiger partial charge in [-0.1, -0.05) is 12.1 Å². The molecule has 0 aromatic heterocycles. The third-order valence-electron chi connectivity index (χ3n) is 4.17. The molecule has 140 valence electrons. The van der Waals surface area contributed by atoms with Crippen molar-refractivity contribution in [2.45, 2.75) is 6.92 Å². The largest absolute Gasteiger partial charge is 0.493 e. The SMILES string of the molecule is COc1ccc(/C=C2/NC(=S)N(c3cccc(C)c3)C2=O)c(OC)c1OC. The van der Waals surface area contributed by atoms with Crippen LogP contribution in [0.3, 0.4) is 0 Å². The number of amides is 1. The Labute approximate surface area is 163 Å². The van der Waals surface area contributed by atoms with E-state index in [1.807, 2.05) is 31.2 Å². The normalized spacial score (nSPS) is 15.1. The Hall–Kier alpha value is -3.06. The molecule has 0 bridgehead atoms. The molecule has 0 aliphatic carbocycles. The van der Waals surface area contributed by atoms with Crippen LogP contribution in [0, 0.1) is 6.92 Å². The molecule has 7 heteroatoms. The first-order valence-corrected chi connectivity index (χ1v) is 8.63. The number of rotatable bonds is 5. The first kappa shape index (κ1) is 18.7. The van der Waals surface area contributed by atoms with Crippen LogP contribution in [0.4, 0.5) is 5.69 Å². The van der Waals surface area contributed by atoms with E-state index in [2.05, 4.69) is 5.32 Å². The van der Waals surface area contributed by atoms with Gasteiger partial charge in [-0.2, -0.15) is 0 Å². The predicted molar refractivity (Wildman–Crippen MR) is 108 cm³/mol. The van der Waals surface area contributed by atoms with Gasteiger partial charge in [0.15, 0.2) is 16.6 Å². The molecule has 2 aromatic carbocycles. The van der Waals surface area contributed by atoms with Gasteiger partial charge in [0.1, 0.15) is 5.70 Å². The van der Waals surface area contributed by atoms with Gasteiger partial charge in [0.25, 0.3) is 5.91 Å². The van der Waals surface area contributed by atoms with Gasteiger partial charge in [-0.15, -0.1) is 0 Å². The molecule has 0 saturated carbocycles. The first-order chi connectivity index (χ1) is 13.0. The molecule has 0 atom stereocenters. The molecule has 1 aliphatic heterocycles. The summed E-state index contributed by atoms with van der Waals surface area (Å²) in [7, 11) is 4.62. The number of nitrogens with one attached hydrogen (secondary N) is 1. The zero-order chi connectivity index (χ0) is 19.6. The van der Waals surface area contributed by atoms with Gasteiger partial charge in [0.05, 0.1) is 27.0 Å². The number of nitrogens with zero attached hydrogens (tertiary/aromatic N) is 1. The van der Waals surface area contributed by atoms with Gasteiger partial charge in [0, 0.05) is 5.56 Å². The lowest BCUT2D eigenvalue weighted by Gasteiger charge is -2.15. The Bertz CT molecular complexity index is 940. The Kier molecular flexibility index (Phi) is 5.32. The van der Waals surface area contributed by atoms with Crippen molar-refractivity contribution < 1.29 is 19.0 Å². The van der Waals surface area contributed by atoms with Crippen LogP contribution in [-0.4, -0.2) is 32.3 Å². The molecule has 6 nitrogen and oxygen atoms in total. The van der Waals surface area contributed by atoms with E-state index in [1.165, 1.54) is 19.1 Å². The van der Waals surface area contributed by atoms with Gasteiger partial charge in [-0.3, -0.25) is 9.69 Å². The van der Waals surface area contributed by atoms with Crippen LogP contribution in [0.5, 0.6) is 17.2 Å². The number of aryl methyl sites for hydroxylation is 1. The number of thiocarbonyl (C=S) groups is 1. The minimum Gasteiger partial charge on any atom is -0.493 e. The summed E-state index contributed by atoms with van der Waals surface area (Å²) in [6, 6.07) is 11.2. The minimum atomic E-state index is -0.234. The summed E-state index contributed by atoms with van der Waals surface area (Å²) in [4.78, 5) is 14.4. The van der Waals surface area contributed by atoms with E-state index in [0.717, 1.165) is 11.3 Å². The highest BCUT2D eigenvalue weighted by Gasteiger charge is 2.32. The van der Waals surface area contributed by atoms with Crippen molar-refractivity contribution in [2.75, 3.05) is 26.2 Å². The summed E-state index contributed by atoms with van der Waals surface area (Å²) in [5, 5.41) is 3.31. The lowest BCUT2D eigenvalue weighted by molar-refractivity contribution is -0.113. The number of benzene rings is 2.